The van der Waals surface area contributed by atoms with Gasteiger partial charge in [0.15, 0.2) is 0 Å². The van der Waals surface area contributed by atoms with Crippen LogP contribution in [0.2, 0.25) is 5.02 Å². The summed E-state index contributed by atoms with van der Waals surface area (Å²) >= 11 is 6.19. The van der Waals surface area contributed by atoms with Gasteiger partial charge >= 0.3 is 0 Å². The largest absolute Gasteiger partial charge is 0.495 e. The monoisotopic (exact) mass is 381 g/mol. The van der Waals surface area contributed by atoms with Gasteiger partial charge in [-0.05, 0) is 29.7 Å². The van der Waals surface area contributed by atoms with Gasteiger partial charge in [-0.25, -0.2) is 0 Å². The second-order valence-corrected chi connectivity index (χ2v) is 6.37. The van der Waals surface area contributed by atoms with Crippen molar-refractivity contribution in [2.75, 3.05) is 19.5 Å². The average molecular weight is 382 g/mol. The van der Waals surface area contributed by atoms with Crippen LogP contribution in [0.4, 0.5) is 5.69 Å². The molecule has 0 bridgehead atoms. The molecule has 0 fully saturated rings. The summed E-state index contributed by atoms with van der Waals surface area (Å²) in [5.41, 5.74) is 3.18. The maximum absolute atomic E-state index is 12.9. The van der Waals surface area contributed by atoms with Gasteiger partial charge in [0.25, 0.3) is 5.91 Å². The van der Waals surface area contributed by atoms with Gasteiger partial charge in [-0.2, -0.15) is 0 Å². The molecule has 0 heterocycles. The lowest BCUT2D eigenvalue weighted by Crippen LogP contribution is -2.15. The molecule has 0 radical (unpaired) electrons. The highest BCUT2D eigenvalue weighted by atomic mass is 35.5. The van der Waals surface area contributed by atoms with Crippen LogP contribution < -0.4 is 14.8 Å². The Morgan fingerprint density at radius 2 is 1.59 bits per heavy atom. The van der Waals surface area contributed by atoms with E-state index in [1.54, 1.807) is 12.1 Å². The molecule has 3 rings (SSSR count). The first kappa shape index (κ1) is 18.8. The first-order valence-corrected chi connectivity index (χ1v) is 8.85. The van der Waals surface area contributed by atoms with E-state index in [1.165, 1.54) is 14.2 Å². The molecule has 1 amide bonds. The van der Waals surface area contributed by atoms with Gasteiger partial charge in [0.1, 0.15) is 11.5 Å². The number of halogens is 1. The summed E-state index contributed by atoms with van der Waals surface area (Å²) in [6.07, 6.45) is 0.672. The molecule has 3 aromatic rings. The minimum Gasteiger partial charge on any atom is -0.495 e. The third kappa shape index (κ3) is 4.41. The zero-order valence-corrected chi connectivity index (χ0v) is 15.9. The van der Waals surface area contributed by atoms with Crippen LogP contribution in [0.25, 0.3) is 0 Å². The van der Waals surface area contributed by atoms with Crippen LogP contribution in [-0.4, -0.2) is 20.1 Å². The molecule has 4 nitrogen and oxygen atoms in total. The Hall–Kier alpha value is -2.98. The van der Waals surface area contributed by atoms with Crippen LogP contribution in [-0.2, 0) is 6.42 Å². The zero-order chi connectivity index (χ0) is 19.2. The molecule has 0 aliphatic rings. The van der Waals surface area contributed by atoms with E-state index < -0.39 is 0 Å². The van der Waals surface area contributed by atoms with Crippen molar-refractivity contribution in [3.63, 3.8) is 0 Å². The van der Waals surface area contributed by atoms with E-state index in [0.717, 1.165) is 11.1 Å². The zero-order valence-electron chi connectivity index (χ0n) is 15.2. The molecular weight excluding hydrogens is 362 g/mol. The number of amides is 1. The molecule has 138 valence electrons. The van der Waals surface area contributed by atoms with Gasteiger partial charge < -0.3 is 14.8 Å². The molecule has 0 aliphatic heterocycles. The number of hydrogen-bond acceptors (Lipinski definition) is 3. The van der Waals surface area contributed by atoms with Crippen LogP contribution in [0.1, 0.15) is 21.5 Å². The number of anilines is 1. The first-order chi connectivity index (χ1) is 13.1. The second-order valence-electron chi connectivity index (χ2n) is 5.96. The fourth-order valence-corrected chi connectivity index (χ4v) is 3.10. The van der Waals surface area contributed by atoms with Gasteiger partial charge in [-0.15, -0.1) is 0 Å². The number of carbonyl (C=O) groups excluding carboxylic acids is 1. The first-order valence-electron chi connectivity index (χ1n) is 8.47. The molecule has 5 heteroatoms. The van der Waals surface area contributed by atoms with Crippen molar-refractivity contribution in [1.82, 2.24) is 0 Å². The summed E-state index contributed by atoms with van der Waals surface area (Å²) in [6.45, 7) is 0. The molecule has 1 N–H and O–H groups in total. The van der Waals surface area contributed by atoms with E-state index in [4.69, 9.17) is 21.1 Å². The number of carbonyl (C=O) groups is 1. The number of ether oxygens (including phenoxy) is 2. The molecule has 0 aliphatic carbocycles. The SMILES string of the molecule is COc1cc(OC)c(NC(=O)c2ccccc2Cc2ccccc2)cc1Cl. The van der Waals surface area contributed by atoms with Crippen molar-refractivity contribution in [3.05, 3.63) is 88.4 Å². The average Bonchev–Trinajstić information content (AvgIpc) is 2.69. The number of methoxy groups -OCH3 is 2. The number of hydrogen-bond donors (Lipinski definition) is 1. The summed E-state index contributed by atoms with van der Waals surface area (Å²) in [5, 5.41) is 3.29. The molecule has 27 heavy (non-hydrogen) atoms. The Labute approximate surface area is 163 Å². The highest BCUT2D eigenvalue weighted by Gasteiger charge is 2.16. The van der Waals surface area contributed by atoms with Crippen molar-refractivity contribution in [3.8, 4) is 11.5 Å². The minimum atomic E-state index is -0.221. The maximum atomic E-state index is 12.9. The molecular formula is C22H20ClNO3. The highest BCUT2D eigenvalue weighted by molar-refractivity contribution is 6.32. The predicted octanol–water partition coefficient (Wildman–Crippen LogP) is 5.20. The lowest BCUT2D eigenvalue weighted by atomic mass is 9.99. The van der Waals surface area contributed by atoms with E-state index in [1.807, 2.05) is 54.6 Å². The standard InChI is InChI=1S/C22H20ClNO3/c1-26-20-14-21(27-2)19(13-18(20)23)24-22(25)17-11-7-6-10-16(17)12-15-8-4-3-5-9-15/h3-11,13-14H,12H2,1-2H3,(H,24,25). The van der Waals surface area contributed by atoms with Gasteiger partial charge in [-0.1, -0.05) is 60.1 Å². The molecule has 0 spiro atoms. The van der Waals surface area contributed by atoms with E-state index in [9.17, 15) is 4.79 Å². The van der Waals surface area contributed by atoms with Crippen LogP contribution >= 0.6 is 11.6 Å². The van der Waals surface area contributed by atoms with Crippen molar-refractivity contribution >= 4 is 23.2 Å². The van der Waals surface area contributed by atoms with Gasteiger partial charge in [0, 0.05) is 11.6 Å². The summed E-state index contributed by atoms with van der Waals surface area (Å²) in [7, 11) is 3.06. The third-order valence-corrected chi connectivity index (χ3v) is 4.52. The van der Waals surface area contributed by atoms with Crippen LogP contribution in [0.3, 0.4) is 0 Å². The third-order valence-electron chi connectivity index (χ3n) is 4.22. The van der Waals surface area contributed by atoms with Crippen molar-refractivity contribution in [1.29, 1.82) is 0 Å². The number of benzene rings is 3. The predicted molar refractivity (Wildman–Crippen MR) is 108 cm³/mol. The highest BCUT2D eigenvalue weighted by Crippen LogP contribution is 2.36. The molecule has 0 unspecified atom stereocenters. The summed E-state index contributed by atoms with van der Waals surface area (Å²) in [6, 6.07) is 20.9. The van der Waals surface area contributed by atoms with Crippen molar-refractivity contribution < 1.29 is 14.3 Å². The van der Waals surface area contributed by atoms with Crippen LogP contribution in [0, 0.1) is 0 Å². The Balaban J connectivity index is 1.88. The quantitative estimate of drug-likeness (QED) is 0.638. The molecule has 0 atom stereocenters. The van der Waals surface area contributed by atoms with Gasteiger partial charge in [0.2, 0.25) is 0 Å². The number of rotatable bonds is 6. The molecule has 0 aromatic heterocycles. The Morgan fingerprint density at radius 3 is 2.30 bits per heavy atom. The fraction of sp³-hybridized carbons (Fsp3) is 0.136. The Bertz CT molecular complexity index is 942. The lowest BCUT2D eigenvalue weighted by molar-refractivity contribution is 0.102. The minimum absolute atomic E-state index is 0.221. The van der Waals surface area contributed by atoms with Crippen LogP contribution in [0.15, 0.2) is 66.7 Å². The Kier molecular flexibility index (Phi) is 5.99. The van der Waals surface area contributed by atoms with E-state index in [2.05, 4.69) is 5.32 Å². The molecule has 0 saturated carbocycles. The molecule has 0 saturated heterocycles. The molecule has 3 aromatic carbocycles. The second kappa shape index (κ2) is 8.60. The van der Waals surface area contributed by atoms with E-state index in [-0.39, 0.29) is 5.91 Å². The topological polar surface area (TPSA) is 47.6 Å². The maximum Gasteiger partial charge on any atom is 0.256 e. The summed E-state index contributed by atoms with van der Waals surface area (Å²) < 4.78 is 10.5. The lowest BCUT2D eigenvalue weighted by Gasteiger charge is -2.14. The fourth-order valence-electron chi connectivity index (χ4n) is 2.86. The summed E-state index contributed by atoms with van der Waals surface area (Å²) in [5.74, 6) is 0.738. The van der Waals surface area contributed by atoms with Crippen LogP contribution in [0.5, 0.6) is 11.5 Å². The smallest absolute Gasteiger partial charge is 0.256 e. The van der Waals surface area contributed by atoms with Crippen molar-refractivity contribution in [2.24, 2.45) is 0 Å². The summed E-state index contributed by atoms with van der Waals surface area (Å²) in [4.78, 5) is 12.9. The number of nitrogens with one attached hydrogen (secondary N) is 1. The van der Waals surface area contributed by atoms with Gasteiger partial charge in [-0.3, -0.25) is 4.79 Å². The Morgan fingerprint density at radius 1 is 0.926 bits per heavy atom. The van der Waals surface area contributed by atoms with E-state index in [0.29, 0.717) is 34.2 Å². The van der Waals surface area contributed by atoms with Gasteiger partial charge in [0.05, 0.1) is 24.9 Å². The van der Waals surface area contributed by atoms with E-state index >= 15 is 0 Å². The normalized spacial score (nSPS) is 10.3. The van der Waals surface area contributed by atoms with Crippen molar-refractivity contribution in [2.45, 2.75) is 6.42 Å².